The fourth-order valence-electron chi connectivity index (χ4n) is 3.05. The molecule has 118 valence electrons. The number of carbonyl (C=O) groups is 1. The van der Waals surface area contributed by atoms with E-state index in [1.165, 1.54) is 11.1 Å². The first-order valence-corrected chi connectivity index (χ1v) is 7.74. The average molecular weight is 301 g/mol. The summed E-state index contributed by atoms with van der Waals surface area (Å²) in [6, 6.07) is 4.18. The van der Waals surface area contributed by atoms with E-state index >= 15 is 0 Å². The summed E-state index contributed by atoms with van der Waals surface area (Å²) in [6.07, 6.45) is 1.73. The van der Waals surface area contributed by atoms with Gasteiger partial charge in [0.2, 0.25) is 0 Å². The summed E-state index contributed by atoms with van der Waals surface area (Å²) < 4.78 is 5.63. The van der Waals surface area contributed by atoms with Crippen LogP contribution in [0.2, 0.25) is 0 Å². The number of hydrogen-bond acceptors (Lipinski definition) is 3. The van der Waals surface area contributed by atoms with Gasteiger partial charge >= 0.3 is 0 Å². The molecule has 2 heterocycles. The summed E-state index contributed by atoms with van der Waals surface area (Å²) in [7, 11) is 1.80. The lowest BCUT2D eigenvalue weighted by Gasteiger charge is -2.27. The number of carbonyl (C=O) groups excluding carboxylic acids is 1. The molecule has 5 nitrogen and oxygen atoms in total. The normalized spacial score (nSPS) is 21.5. The van der Waals surface area contributed by atoms with E-state index in [-0.39, 0.29) is 5.91 Å². The van der Waals surface area contributed by atoms with Crippen LogP contribution in [0.5, 0.6) is 0 Å². The number of likely N-dealkylation sites (N-methyl/N-ethyl adjacent to an activating group) is 1. The van der Waals surface area contributed by atoms with Crippen LogP contribution in [0.1, 0.15) is 36.7 Å². The van der Waals surface area contributed by atoms with Crippen molar-refractivity contribution < 1.29 is 9.53 Å². The first-order valence-electron chi connectivity index (χ1n) is 7.74. The van der Waals surface area contributed by atoms with Gasteiger partial charge in [0.25, 0.3) is 5.91 Å². The van der Waals surface area contributed by atoms with Gasteiger partial charge in [-0.05, 0) is 56.9 Å². The molecule has 1 atom stereocenters. The summed E-state index contributed by atoms with van der Waals surface area (Å²) in [6.45, 7) is 7.17. The maximum Gasteiger partial charge on any atom is 0.254 e. The van der Waals surface area contributed by atoms with Crippen LogP contribution >= 0.6 is 0 Å². The van der Waals surface area contributed by atoms with E-state index in [1.54, 1.807) is 11.9 Å². The molecule has 1 aromatic carbocycles. The first-order chi connectivity index (χ1) is 10.4. The van der Waals surface area contributed by atoms with Crippen LogP contribution in [-0.4, -0.2) is 40.0 Å². The van der Waals surface area contributed by atoms with Crippen molar-refractivity contribution in [2.24, 2.45) is 0 Å². The maximum atomic E-state index is 12.6. The average Bonchev–Trinajstić information content (AvgIpc) is 3.05. The van der Waals surface area contributed by atoms with Crippen LogP contribution in [0, 0.1) is 13.8 Å². The number of benzene rings is 1. The Balaban J connectivity index is 1.79. The molecule has 1 aromatic heterocycles. The van der Waals surface area contributed by atoms with Crippen molar-refractivity contribution in [3.8, 4) is 0 Å². The van der Waals surface area contributed by atoms with Gasteiger partial charge in [-0.15, -0.1) is 0 Å². The number of hydrogen-bond donors (Lipinski definition) is 1. The number of amides is 1. The highest BCUT2D eigenvalue weighted by molar-refractivity contribution is 5.85. The van der Waals surface area contributed by atoms with Gasteiger partial charge < -0.3 is 14.6 Å². The summed E-state index contributed by atoms with van der Waals surface area (Å²) in [5.41, 5.74) is 3.75. The molecule has 0 aliphatic carbocycles. The van der Waals surface area contributed by atoms with Crippen LogP contribution in [0.3, 0.4) is 0 Å². The fraction of sp³-hybridized carbons (Fsp3) is 0.529. The Morgan fingerprint density at radius 3 is 2.82 bits per heavy atom. The topological polar surface area (TPSA) is 58.2 Å². The lowest BCUT2D eigenvalue weighted by molar-refractivity contribution is -0.150. The zero-order valence-corrected chi connectivity index (χ0v) is 13.7. The van der Waals surface area contributed by atoms with Gasteiger partial charge in [0.05, 0.1) is 17.6 Å². The summed E-state index contributed by atoms with van der Waals surface area (Å²) in [5.74, 6) is 0.829. The van der Waals surface area contributed by atoms with Crippen LogP contribution in [0.25, 0.3) is 11.0 Å². The number of aromatic amines is 1. The molecule has 5 heteroatoms. The van der Waals surface area contributed by atoms with Gasteiger partial charge in [-0.1, -0.05) is 0 Å². The Kier molecular flexibility index (Phi) is 3.68. The highest BCUT2D eigenvalue weighted by Crippen LogP contribution is 2.27. The molecule has 0 saturated carbocycles. The zero-order valence-electron chi connectivity index (χ0n) is 13.7. The number of rotatable bonds is 3. The molecule has 1 saturated heterocycles. The number of nitrogens with one attached hydrogen (secondary N) is 1. The highest BCUT2D eigenvalue weighted by Gasteiger charge is 2.39. The molecule has 22 heavy (non-hydrogen) atoms. The Labute approximate surface area is 130 Å². The summed E-state index contributed by atoms with van der Waals surface area (Å²) in [5, 5.41) is 0. The highest BCUT2D eigenvalue weighted by atomic mass is 16.5. The van der Waals surface area contributed by atoms with Crippen molar-refractivity contribution in [3.05, 3.63) is 29.1 Å². The van der Waals surface area contributed by atoms with E-state index in [0.29, 0.717) is 13.2 Å². The SMILES string of the molecule is Cc1cc2nc(CN(C)C(=O)[C@@]3(C)CCCO3)[nH]c2cc1C. The Hall–Kier alpha value is -1.88. The number of ether oxygens (including phenoxy) is 1. The second-order valence-corrected chi connectivity index (χ2v) is 6.48. The third kappa shape index (κ3) is 2.61. The maximum absolute atomic E-state index is 12.6. The van der Waals surface area contributed by atoms with Crippen LogP contribution < -0.4 is 0 Å². The minimum Gasteiger partial charge on any atom is -0.365 e. The monoisotopic (exact) mass is 301 g/mol. The van der Waals surface area contributed by atoms with Crippen LogP contribution in [0.15, 0.2) is 12.1 Å². The van der Waals surface area contributed by atoms with E-state index in [4.69, 9.17) is 4.74 Å². The predicted molar refractivity (Wildman–Crippen MR) is 85.6 cm³/mol. The zero-order chi connectivity index (χ0) is 15.9. The summed E-state index contributed by atoms with van der Waals surface area (Å²) in [4.78, 5) is 22.2. The van der Waals surface area contributed by atoms with Crippen molar-refractivity contribution in [2.75, 3.05) is 13.7 Å². The van der Waals surface area contributed by atoms with Gasteiger partial charge in [-0.3, -0.25) is 4.79 Å². The molecule has 0 radical (unpaired) electrons. The second-order valence-electron chi connectivity index (χ2n) is 6.48. The molecule has 0 unspecified atom stereocenters. The molecule has 0 bridgehead atoms. The van der Waals surface area contributed by atoms with Gasteiger partial charge in [-0.25, -0.2) is 4.98 Å². The minimum atomic E-state index is -0.673. The van der Waals surface area contributed by atoms with Gasteiger partial charge in [0, 0.05) is 13.7 Å². The number of aryl methyl sites for hydroxylation is 2. The van der Waals surface area contributed by atoms with Crippen LogP contribution in [-0.2, 0) is 16.1 Å². The number of fused-ring (bicyclic) bond motifs is 1. The lowest BCUT2D eigenvalue weighted by atomic mass is 10.0. The van der Waals surface area contributed by atoms with Gasteiger partial charge in [0.15, 0.2) is 0 Å². The quantitative estimate of drug-likeness (QED) is 0.948. The molecule has 1 N–H and O–H groups in total. The Bertz CT molecular complexity index is 675. The van der Waals surface area contributed by atoms with Gasteiger partial charge in [0.1, 0.15) is 11.4 Å². The smallest absolute Gasteiger partial charge is 0.254 e. The molecule has 1 amide bonds. The lowest BCUT2D eigenvalue weighted by Crippen LogP contribution is -2.44. The molecule has 1 aliphatic rings. The first kappa shape index (κ1) is 15.0. The fourth-order valence-corrected chi connectivity index (χ4v) is 3.05. The molecular formula is C17H23N3O2. The van der Waals surface area contributed by atoms with E-state index in [0.717, 1.165) is 29.7 Å². The third-order valence-corrected chi connectivity index (χ3v) is 4.55. The number of aromatic nitrogens is 2. The summed E-state index contributed by atoms with van der Waals surface area (Å²) >= 11 is 0. The molecule has 1 aliphatic heterocycles. The van der Waals surface area contributed by atoms with E-state index in [9.17, 15) is 4.79 Å². The number of nitrogens with zero attached hydrogens (tertiary/aromatic N) is 2. The van der Waals surface area contributed by atoms with E-state index < -0.39 is 5.60 Å². The second kappa shape index (κ2) is 5.39. The molecule has 2 aromatic rings. The van der Waals surface area contributed by atoms with Crippen molar-refractivity contribution >= 4 is 16.9 Å². The molecule has 3 rings (SSSR count). The Morgan fingerprint density at radius 2 is 2.14 bits per heavy atom. The van der Waals surface area contributed by atoms with Gasteiger partial charge in [-0.2, -0.15) is 0 Å². The number of H-pyrrole nitrogens is 1. The largest absolute Gasteiger partial charge is 0.365 e. The van der Waals surface area contributed by atoms with Crippen molar-refractivity contribution in [1.82, 2.24) is 14.9 Å². The van der Waals surface area contributed by atoms with Crippen LogP contribution in [0.4, 0.5) is 0 Å². The molecular weight excluding hydrogens is 278 g/mol. The minimum absolute atomic E-state index is 0.0258. The van der Waals surface area contributed by atoms with Crippen molar-refractivity contribution in [2.45, 2.75) is 45.8 Å². The van der Waals surface area contributed by atoms with Crippen molar-refractivity contribution in [1.29, 1.82) is 0 Å². The predicted octanol–water partition coefficient (Wildman–Crippen LogP) is 2.71. The van der Waals surface area contributed by atoms with E-state index in [1.807, 2.05) is 6.92 Å². The third-order valence-electron chi connectivity index (χ3n) is 4.55. The standard InChI is InChI=1S/C17H23N3O2/c1-11-8-13-14(9-12(11)2)19-15(18-13)10-20(4)16(21)17(3)6-5-7-22-17/h8-9H,5-7,10H2,1-4H3,(H,18,19)/t17-/m1/s1. The van der Waals surface area contributed by atoms with E-state index in [2.05, 4.69) is 35.9 Å². The molecule has 0 spiro atoms. The van der Waals surface area contributed by atoms with Crippen molar-refractivity contribution in [3.63, 3.8) is 0 Å². The molecule has 1 fully saturated rings. The number of imidazole rings is 1. The Morgan fingerprint density at radius 1 is 1.41 bits per heavy atom.